The molecule has 0 saturated carbocycles. The molecule has 0 radical (unpaired) electrons. The van der Waals surface area contributed by atoms with E-state index in [2.05, 4.69) is 0 Å². The van der Waals surface area contributed by atoms with Crippen molar-refractivity contribution in [1.29, 1.82) is 0 Å². The third kappa shape index (κ3) is 3.44. The van der Waals surface area contributed by atoms with Gasteiger partial charge in [0.15, 0.2) is 0 Å². The molecule has 6 heteroatoms. The van der Waals surface area contributed by atoms with E-state index in [9.17, 15) is 12.9 Å². The van der Waals surface area contributed by atoms with Gasteiger partial charge in [0.25, 0.3) is 0 Å². The molecule has 0 bridgehead atoms. The van der Waals surface area contributed by atoms with Crippen molar-refractivity contribution in [3.05, 3.63) is 48.0 Å². The van der Waals surface area contributed by atoms with E-state index in [0.717, 1.165) is 12.1 Å². The van der Waals surface area contributed by atoms with Gasteiger partial charge in [-0.2, -0.15) is 0 Å². The predicted molar refractivity (Wildman–Crippen MR) is 73.1 cm³/mol. The molecule has 1 nitrogen and oxygen atoms in total. The molecule has 2 rings (SSSR count). The third-order valence-electron chi connectivity index (χ3n) is 2.65. The fourth-order valence-electron chi connectivity index (χ4n) is 1.72. The van der Waals surface area contributed by atoms with Crippen LogP contribution in [-0.2, 0) is 0 Å². The molecule has 2 aromatic carbocycles. The molecule has 0 spiro atoms. The number of hydrogen-bond acceptors (Lipinski definition) is 1. The zero-order valence-electron chi connectivity index (χ0n) is 9.82. The molecule has 0 atom stereocenters. The predicted octanol–water partition coefficient (Wildman–Crippen LogP) is 4.03. The summed E-state index contributed by atoms with van der Waals surface area (Å²) in [6, 6.07) is 8.63. The standard InChI is InChI=1S/C13H10BClF3O/c15-6-1-7-19-13-5-3-10-8-12(14(16,17)18)4-2-11(10)9-13/h1-6,8-9H,7H2/q-1/b6-1+. The Hall–Kier alpha value is -1.62. The molecule has 0 amide bonds. The summed E-state index contributed by atoms with van der Waals surface area (Å²) in [4.78, 5) is 0. The number of rotatable bonds is 4. The van der Waals surface area contributed by atoms with Gasteiger partial charge in [0, 0.05) is 5.54 Å². The smallest absolute Gasteiger partial charge is 0.489 e. The Balaban J connectivity index is 2.30. The van der Waals surface area contributed by atoms with Crippen LogP contribution < -0.4 is 10.2 Å². The van der Waals surface area contributed by atoms with Crippen molar-refractivity contribution in [2.24, 2.45) is 0 Å². The molecule has 100 valence electrons. The lowest BCUT2D eigenvalue weighted by molar-refractivity contribution is 0.363. The van der Waals surface area contributed by atoms with Crippen LogP contribution in [0.2, 0.25) is 0 Å². The Morgan fingerprint density at radius 2 is 1.74 bits per heavy atom. The van der Waals surface area contributed by atoms with Crippen LogP contribution in [0.25, 0.3) is 10.8 Å². The first kappa shape index (κ1) is 13.8. The van der Waals surface area contributed by atoms with Crippen molar-refractivity contribution < 1.29 is 17.7 Å². The van der Waals surface area contributed by atoms with Gasteiger partial charge in [0.1, 0.15) is 12.4 Å². The van der Waals surface area contributed by atoms with Crippen LogP contribution in [-0.4, -0.2) is 13.6 Å². The van der Waals surface area contributed by atoms with Crippen LogP contribution in [0.4, 0.5) is 12.9 Å². The lowest BCUT2D eigenvalue weighted by atomic mass is 9.79. The SMILES string of the molecule is F[B-](F)(F)c1ccc2cc(OC/C=C/Cl)ccc2c1. The van der Waals surface area contributed by atoms with Crippen molar-refractivity contribution in [2.75, 3.05) is 6.61 Å². The summed E-state index contributed by atoms with van der Waals surface area (Å²) in [7, 11) is 0. The Morgan fingerprint density at radius 3 is 2.42 bits per heavy atom. The van der Waals surface area contributed by atoms with Gasteiger partial charge in [-0.05, 0) is 29.0 Å². The Kier molecular flexibility index (Phi) is 4.05. The fraction of sp³-hybridized carbons (Fsp3) is 0.0769. The van der Waals surface area contributed by atoms with Gasteiger partial charge in [0.2, 0.25) is 0 Å². The van der Waals surface area contributed by atoms with E-state index in [1.165, 1.54) is 11.6 Å². The van der Waals surface area contributed by atoms with Gasteiger partial charge in [0.05, 0.1) is 0 Å². The molecule has 0 aromatic heterocycles. The van der Waals surface area contributed by atoms with Crippen LogP contribution in [0.1, 0.15) is 0 Å². The Bertz CT molecular complexity index is 610. The van der Waals surface area contributed by atoms with E-state index in [4.69, 9.17) is 16.3 Å². The third-order valence-corrected chi connectivity index (χ3v) is 2.83. The molecular formula is C13H10BClF3O-. The van der Waals surface area contributed by atoms with Crippen LogP contribution in [0.3, 0.4) is 0 Å². The average Bonchev–Trinajstić information content (AvgIpc) is 2.37. The Labute approximate surface area is 113 Å². The zero-order chi connectivity index (χ0) is 13.9. The molecule has 0 fully saturated rings. The van der Waals surface area contributed by atoms with E-state index in [0.29, 0.717) is 23.1 Å². The van der Waals surface area contributed by atoms with Crippen molar-refractivity contribution >= 4 is 34.8 Å². The topological polar surface area (TPSA) is 9.23 Å². The van der Waals surface area contributed by atoms with Crippen molar-refractivity contribution in [1.82, 2.24) is 0 Å². The van der Waals surface area contributed by atoms with Crippen LogP contribution in [0.15, 0.2) is 48.0 Å². The second-order valence-electron chi connectivity index (χ2n) is 4.02. The van der Waals surface area contributed by atoms with Gasteiger partial charge in [-0.1, -0.05) is 35.9 Å². The van der Waals surface area contributed by atoms with Gasteiger partial charge in [-0.3, -0.25) is 0 Å². The van der Waals surface area contributed by atoms with E-state index < -0.39 is 12.4 Å². The number of benzene rings is 2. The number of fused-ring (bicyclic) bond motifs is 1. The first-order valence-corrected chi connectivity index (χ1v) is 6.06. The highest BCUT2D eigenvalue weighted by Gasteiger charge is 2.25. The lowest BCUT2D eigenvalue weighted by Gasteiger charge is -2.15. The van der Waals surface area contributed by atoms with Gasteiger partial charge < -0.3 is 17.7 Å². The van der Waals surface area contributed by atoms with E-state index in [1.54, 1.807) is 24.3 Å². The van der Waals surface area contributed by atoms with Crippen molar-refractivity contribution in [3.8, 4) is 5.75 Å². The minimum absolute atomic E-state index is 0.318. The van der Waals surface area contributed by atoms with Crippen LogP contribution in [0.5, 0.6) is 5.75 Å². The van der Waals surface area contributed by atoms with E-state index in [1.807, 2.05) is 0 Å². The monoisotopic (exact) mass is 285 g/mol. The van der Waals surface area contributed by atoms with Gasteiger partial charge in [-0.25, -0.2) is 0 Å². The minimum atomic E-state index is -4.96. The van der Waals surface area contributed by atoms with Crippen molar-refractivity contribution in [2.45, 2.75) is 0 Å². The van der Waals surface area contributed by atoms with Crippen LogP contribution in [0, 0.1) is 0 Å². The van der Waals surface area contributed by atoms with E-state index in [-0.39, 0.29) is 0 Å². The highest BCUT2D eigenvalue weighted by atomic mass is 35.5. The molecule has 2 aromatic rings. The van der Waals surface area contributed by atoms with E-state index >= 15 is 0 Å². The molecule has 0 aliphatic rings. The number of ether oxygens (including phenoxy) is 1. The van der Waals surface area contributed by atoms with Crippen LogP contribution >= 0.6 is 11.6 Å². The summed E-state index contributed by atoms with van der Waals surface area (Å²) in [6.07, 6.45) is 1.63. The lowest BCUT2D eigenvalue weighted by Crippen LogP contribution is -2.33. The second kappa shape index (κ2) is 5.57. The summed E-state index contributed by atoms with van der Waals surface area (Å²) >= 11 is 5.36. The summed E-state index contributed by atoms with van der Waals surface area (Å²) in [5, 5.41) is 1.24. The first-order chi connectivity index (χ1) is 9.00. The number of hydrogen-bond donors (Lipinski definition) is 0. The summed E-state index contributed by atoms with van der Waals surface area (Å²) < 4.78 is 43.2. The Morgan fingerprint density at radius 1 is 1.05 bits per heavy atom. The largest absolute Gasteiger partial charge is 0.509 e. The average molecular weight is 285 g/mol. The molecule has 0 heterocycles. The molecule has 19 heavy (non-hydrogen) atoms. The summed E-state index contributed by atoms with van der Waals surface area (Å²) in [5.41, 5.74) is 0.755. The molecule has 0 aliphatic heterocycles. The van der Waals surface area contributed by atoms with Gasteiger partial charge in [-0.15, -0.1) is 5.46 Å². The molecule has 0 saturated heterocycles. The maximum Gasteiger partial charge on any atom is 0.509 e. The normalized spacial score (nSPS) is 12.2. The quantitative estimate of drug-likeness (QED) is 0.771. The number of halogens is 4. The fourth-order valence-corrected chi connectivity index (χ4v) is 1.79. The van der Waals surface area contributed by atoms with Crippen molar-refractivity contribution in [3.63, 3.8) is 0 Å². The summed E-state index contributed by atoms with van der Waals surface area (Å²) in [5.74, 6) is 0.590. The molecule has 0 unspecified atom stereocenters. The molecular weight excluding hydrogens is 275 g/mol. The maximum atomic E-state index is 12.6. The minimum Gasteiger partial charge on any atom is -0.489 e. The highest BCUT2D eigenvalue weighted by molar-refractivity contribution is 6.73. The highest BCUT2D eigenvalue weighted by Crippen LogP contribution is 2.21. The maximum absolute atomic E-state index is 12.6. The molecule has 0 aliphatic carbocycles. The molecule has 0 N–H and O–H groups in total. The van der Waals surface area contributed by atoms with Gasteiger partial charge >= 0.3 is 6.98 Å². The zero-order valence-corrected chi connectivity index (χ0v) is 10.6. The summed E-state index contributed by atoms with van der Waals surface area (Å²) in [6.45, 7) is -4.65. The first-order valence-electron chi connectivity index (χ1n) is 5.62. The second-order valence-corrected chi connectivity index (χ2v) is 4.27.